The summed E-state index contributed by atoms with van der Waals surface area (Å²) in [6.45, 7) is 1.83. The Balaban J connectivity index is 3.13. The fourth-order valence-corrected chi connectivity index (χ4v) is 3.60. The number of rotatable bonds is 4. The van der Waals surface area contributed by atoms with Gasteiger partial charge in [-0.2, -0.15) is 0 Å². The molecule has 0 fully saturated rings. The Morgan fingerprint density at radius 1 is 1.26 bits per heavy atom. The second-order valence-corrected chi connectivity index (χ2v) is 6.98. The molecule has 19 heavy (non-hydrogen) atoms. The Bertz CT molecular complexity index is 542. The molecule has 1 amide bonds. The summed E-state index contributed by atoms with van der Waals surface area (Å²) in [6.07, 6.45) is -0.924. The number of nitrogens with one attached hydrogen (secondary N) is 1. The topological polar surface area (TPSA) is 72.5 Å². The van der Waals surface area contributed by atoms with E-state index in [9.17, 15) is 13.2 Å². The van der Waals surface area contributed by atoms with Crippen molar-refractivity contribution in [2.45, 2.75) is 22.0 Å². The largest absolute Gasteiger partial charge is 0.453 e. The molecule has 0 saturated carbocycles. The lowest BCUT2D eigenvalue weighted by Gasteiger charge is -2.19. The van der Waals surface area contributed by atoms with E-state index in [1.54, 1.807) is 12.1 Å². The van der Waals surface area contributed by atoms with Crippen LogP contribution in [0.2, 0.25) is 0 Å². The first-order chi connectivity index (χ1) is 8.78. The predicted octanol–water partition coefficient (Wildman–Crippen LogP) is 2.25. The van der Waals surface area contributed by atoms with Crippen molar-refractivity contribution in [2.75, 3.05) is 7.11 Å². The van der Waals surface area contributed by atoms with Crippen LogP contribution in [0.4, 0.5) is 4.79 Å². The quantitative estimate of drug-likeness (QED) is 0.862. The number of carbonyl (C=O) groups is 1. The summed E-state index contributed by atoms with van der Waals surface area (Å²) >= 11 is 11.3. The Hall–Kier alpha value is -0.980. The normalized spacial score (nSPS) is 13.1. The standard InChI is InChI=1S/C11H13Cl2NO4S/c1-7-3-5-8(6-4-7)19(16,17)10(9(12)13)14-11(15)18-2/h3-6,9-10H,1-2H3,(H,14,15)/t10-/m0/s1. The molecule has 1 atom stereocenters. The molecule has 0 unspecified atom stereocenters. The minimum atomic E-state index is -3.90. The number of alkyl carbamates (subject to hydrolysis) is 1. The third kappa shape index (κ3) is 3.99. The number of sulfone groups is 1. The molecule has 0 radical (unpaired) electrons. The highest BCUT2D eigenvalue weighted by Crippen LogP contribution is 2.22. The fourth-order valence-electron chi connectivity index (χ4n) is 1.33. The first-order valence-electron chi connectivity index (χ1n) is 5.22. The molecule has 0 aromatic heterocycles. The van der Waals surface area contributed by atoms with Gasteiger partial charge in [-0.25, -0.2) is 13.2 Å². The summed E-state index contributed by atoms with van der Waals surface area (Å²) in [6, 6.07) is 6.12. The number of hydrogen-bond acceptors (Lipinski definition) is 4. The second kappa shape index (κ2) is 6.45. The monoisotopic (exact) mass is 325 g/mol. The van der Waals surface area contributed by atoms with Gasteiger partial charge in [-0.05, 0) is 19.1 Å². The maximum absolute atomic E-state index is 12.3. The molecule has 0 bridgehead atoms. The summed E-state index contributed by atoms with van der Waals surface area (Å²) in [5, 5.41) is 0.626. The zero-order valence-corrected chi connectivity index (χ0v) is 12.6. The predicted molar refractivity (Wildman–Crippen MR) is 73.2 cm³/mol. The van der Waals surface area contributed by atoms with Gasteiger partial charge < -0.3 is 10.1 Å². The van der Waals surface area contributed by atoms with Crippen LogP contribution in [-0.4, -0.2) is 31.8 Å². The number of ether oxygens (including phenoxy) is 1. The van der Waals surface area contributed by atoms with Crippen LogP contribution in [-0.2, 0) is 14.6 Å². The number of hydrogen-bond donors (Lipinski definition) is 1. The van der Waals surface area contributed by atoms with Crippen LogP contribution in [0.5, 0.6) is 0 Å². The lowest BCUT2D eigenvalue weighted by Crippen LogP contribution is -2.44. The second-order valence-electron chi connectivity index (χ2n) is 3.75. The van der Waals surface area contributed by atoms with Gasteiger partial charge in [0.05, 0.1) is 12.0 Å². The van der Waals surface area contributed by atoms with Crippen LogP contribution < -0.4 is 5.32 Å². The van der Waals surface area contributed by atoms with Crippen LogP contribution in [0.1, 0.15) is 5.56 Å². The number of halogens is 2. The minimum absolute atomic E-state index is 0.0193. The fraction of sp³-hybridized carbons (Fsp3) is 0.364. The molecule has 1 aromatic rings. The van der Waals surface area contributed by atoms with Crippen LogP contribution in [0.3, 0.4) is 0 Å². The SMILES string of the molecule is COC(=O)N[C@H](C(Cl)Cl)S(=O)(=O)c1ccc(C)cc1. The smallest absolute Gasteiger partial charge is 0.407 e. The molecule has 0 aliphatic rings. The summed E-state index contributed by atoms with van der Waals surface area (Å²) in [5.74, 6) is 0. The van der Waals surface area contributed by atoms with E-state index < -0.39 is 26.1 Å². The molecule has 0 saturated heterocycles. The van der Waals surface area contributed by atoms with Gasteiger partial charge in [-0.1, -0.05) is 17.7 Å². The van der Waals surface area contributed by atoms with E-state index >= 15 is 0 Å². The number of amides is 1. The van der Waals surface area contributed by atoms with Crippen molar-refractivity contribution in [3.63, 3.8) is 0 Å². The van der Waals surface area contributed by atoms with Crippen molar-refractivity contribution >= 4 is 39.1 Å². The zero-order valence-electron chi connectivity index (χ0n) is 10.3. The van der Waals surface area contributed by atoms with E-state index in [1.807, 2.05) is 6.92 Å². The van der Waals surface area contributed by atoms with Crippen molar-refractivity contribution in [2.24, 2.45) is 0 Å². The van der Waals surface area contributed by atoms with E-state index in [-0.39, 0.29) is 4.90 Å². The van der Waals surface area contributed by atoms with E-state index in [0.717, 1.165) is 12.7 Å². The number of methoxy groups -OCH3 is 1. The third-order valence-electron chi connectivity index (χ3n) is 2.36. The van der Waals surface area contributed by atoms with E-state index in [0.29, 0.717) is 0 Å². The van der Waals surface area contributed by atoms with Crippen molar-refractivity contribution in [3.05, 3.63) is 29.8 Å². The first-order valence-corrected chi connectivity index (χ1v) is 7.64. The molecular weight excluding hydrogens is 313 g/mol. The van der Waals surface area contributed by atoms with Gasteiger partial charge in [0.2, 0.25) is 9.84 Å². The van der Waals surface area contributed by atoms with Gasteiger partial charge in [0.15, 0.2) is 5.37 Å². The molecule has 106 valence electrons. The summed E-state index contributed by atoms with van der Waals surface area (Å²) in [4.78, 5) is 9.83. The molecule has 0 aliphatic carbocycles. The van der Waals surface area contributed by atoms with E-state index in [2.05, 4.69) is 10.1 Å². The molecule has 1 aromatic carbocycles. The molecule has 1 rings (SSSR count). The maximum atomic E-state index is 12.3. The van der Waals surface area contributed by atoms with Crippen LogP contribution >= 0.6 is 23.2 Å². The lowest BCUT2D eigenvalue weighted by molar-refractivity contribution is 0.170. The van der Waals surface area contributed by atoms with Gasteiger partial charge in [0.1, 0.15) is 4.84 Å². The summed E-state index contributed by atoms with van der Waals surface area (Å²) in [7, 11) is -2.78. The van der Waals surface area contributed by atoms with Gasteiger partial charge in [0, 0.05) is 0 Å². The highest BCUT2D eigenvalue weighted by atomic mass is 35.5. The van der Waals surface area contributed by atoms with Gasteiger partial charge in [0.25, 0.3) is 0 Å². The average molecular weight is 326 g/mol. The van der Waals surface area contributed by atoms with Crippen LogP contribution in [0.15, 0.2) is 29.2 Å². The Morgan fingerprint density at radius 3 is 2.21 bits per heavy atom. The van der Waals surface area contributed by atoms with Gasteiger partial charge in [-0.15, -0.1) is 23.2 Å². The molecule has 8 heteroatoms. The van der Waals surface area contributed by atoms with Crippen LogP contribution in [0, 0.1) is 6.92 Å². The summed E-state index contributed by atoms with van der Waals surface area (Å²) < 4.78 is 28.9. The Morgan fingerprint density at radius 2 is 1.79 bits per heavy atom. The highest BCUT2D eigenvalue weighted by molar-refractivity contribution is 7.92. The number of benzene rings is 1. The molecule has 0 spiro atoms. The molecule has 0 aliphatic heterocycles. The Labute approximate surface area is 121 Å². The van der Waals surface area contributed by atoms with Gasteiger partial charge >= 0.3 is 6.09 Å². The van der Waals surface area contributed by atoms with Crippen molar-refractivity contribution in [3.8, 4) is 0 Å². The number of carbonyl (C=O) groups excluding carboxylic acids is 1. The number of aryl methyl sites for hydroxylation is 1. The maximum Gasteiger partial charge on any atom is 0.407 e. The zero-order chi connectivity index (χ0) is 14.6. The van der Waals surface area contributed by atoms with Gasteiger partial charge in [-0.3, -0.25) is 0 Å². The third-order valence-corrected chi connectivity index (χ3v) is 5.15. The average Bonchev–Trinajstić information content (AvgIpc) is 2.35. The molecule has 5 nitrogen and oxygen atoms in total. The highest BCUT2D eigenvalue weighted by Gasteiger charge is 2.34. The minimum Gasteiger partial charge on any atom is -0.453 e. The lowest BCUT2D eigenvalue weighted by atomic mass is 10.2. The Kier molecular flexibility index (Phi) is 5.46. The summed E-state index contributed by atoms with van der Waals surface area (Å²) in [5.41, 5.74) is 0.907. The van der Waals surface area contributed by atoms with Crippen LogP contribution in [0.25, 0.3) is 0 Å². The first kappa shape index (κ1) is 16.1. The molecular formula is C11H13Cl2NO4S. The van der Waals surface area contributed by atoms with Crippen molar-refractivity contribution < 1.29 is 17.9 Å². The van der Waals surface area contributed by atoms with E-state index in [1.165, 1.54) is 12.1 Å². The van der Waals surface area contributed by atoms with Crippen molar-refractivity contribution in [1.29, 1.82) is 0 Å². The molecule has 0 heterocycles. The number of alkyl halides is 2. The van der Waals surface area contributed by atoms with Crippen molar-refractivity contribution in [1.82, 2.24) is 5.32 Å². The molecule has 1 N–H and O–H groups in total. The van der Waals surface area contributed by atoms with E-state index in [4.69, 9.17) is 23.2 Å².